The lowest BCUT2D eigenvalue weighted by molar-refractivity contribution is -0.211. The second-order valence-electron chi connectivity index (χ2n) is 4.57. The summed E-state index contributed by atoms with van der Waals surface area (Å²) in [5.74, 6) is -0.574. The molecule has 5 atom stereocenters. The fourth-order valence-electron chi connectivity index (χ4n) is 2.47. The van der Waals surface area contributed by atoms with Crippen LogP contribution >= 0.6 is 0 Å². The third-order valence-corrected chi connectivity index (χ3v) is 3.03. The van der Waals surface area contributed by atoms with Crippen molar-refractivity contribution in [3.63, 3.8) is 0 Å². The molecule has 5 nitrogen and oxygen atoms in total. The van der Waals surface area contributed by atoms with Crippen molar-refractivity contribution in [1.82, 2.24) is 5.32 Å². The molecule has 3 aliphatic rings. The molecule has 3 rings (SSSR count). The van der Waals surface area contributed by atoms with E-state index in [2.05, 4.69) is 5.32 Å². The zero-order valence-electron chi connectivity index (χ0n) is 8.27. The monoisotopic (exact) mass is 201 g/mol. The predicted molar refractivity (Wildman–Crippen MR) is 46.5 cm³/mol. The highest BCUT2D eigenvalue weighted by molar-refractivity contribution is 5.04. The van der Waals surface area contributed by atoms with Crippen LogP contribution in [0.3, 0.4) is 0 Å². The highest BCUT2D eigenvalue weighted by atomic mass is 16.8. The Morgan fingerprint density at radius 1 is 1.29 bits per heavy atom. The minimum Gasteiger partial charge on any atom is -0.389 e. The van der Waals surface area contributed by atoms with Gasteiger partial charge in [0.25, 0.3) is 0 Å². The number of hydrogen-bond donors (Lipinski definition) is 2. The Morgan fingerprint density at radius 2 is 2.07 bits per heavy atom. The van der Waals surface area contributed by atoms with E-state index >= 15 is 0 Å². The van der Waals surface area contributed by atoms with Gasteiger partial charge in [0.2, 0.25) is 0 Å². The van der Waals surface area contributed by atoms with Gasteiger partial charge in [0.05, 0.1) is 12.1 Å². The third-order valence-electron chi connectivity index (χ3n) is 3.03. The zero-order valence-corrected chi connectivity index (χ0v) is 8.27. The molecule has 3 fully saturated rings. The molecular formula is C9H15NO4. The Morgan fingerprint density at radius 3 is 2.86 bits per heavy atom. The summed E-state index contributed by atoms with van der Waals surface area (Å²) in [6.07, 6.45) is -1.04. The van der Waals surface area contributed by atoms with E-state index in [-0.39, 0.29) is 24.5 Å². The molecule has 0 bridgehead atoms. The van der Waals surface area contributed by atoms with E-state index in [4.69, 9.17) is 14.2 Å². The molecule has 0 aromatic carbocycles. The summed E-state index contributed by atoms with van der Waals surface area (Å²) >= 11 is 0. The number of aliphatic hydroxyl groups is 1. The Labute approximate surface area is 82.3 Å². The largest absolute Gasteiger partial charge is 0.389 e. The number of ether oxygens (including phenoxy) is 3. The maximum Gasteiger partial charge on any atom is 0.189 e. The molecule has 0 aliphatic carbocycles. The minimum absolute atomic E-state index is 0.0665. The van der Waals surface area contributed by atoms with E-state index in [0.717, 1.165) is 0 Å². The number of hydrogen-bond acceptors (Lipinski definition) is 5. The van der Waals surface area contributed by atoms with E-state index in [1.807, 2.05) is 13.8 Å². The average molecular weight is 201 g/mol. The molecule has 14 heavy (non-hydrogen) atoms. The van der Waals surface area contributed by atoms with Gasteiger partial charge in [0, 0.05) is 6.54 Å². The van der Waals surface area contributed by atoms with Crippen molar-refractivity contribution in [3.05, 3.63) is 0 Å². The summed E-state index contributed by atoms with van der Waals surface area (Å²) in [7, 11) is 0. The standard InChI is InChI=1S/C9H15NO4/c1-9(2)13-7-5-6(4(11)3-10-5)12-8(7)14-9/h4-8,10-11H,3H2,1-2H3/t4-,5+,6-,7-,8-/m1/s1. The van der Waals surface area contributed by atoms with Crippen LogP contribution in [0.2, 0.25) is 0 Å². The number of β-amino-alcohol motifs (C(OH)–C–C–N with tert-alkyl or cyclic N) is 1. The van der Waals surface area contributed by atoms with E-state index in [0.29, 0.717) is 6.54 Å². The van der Waals surface area contributed by atoms with Crippen LogP contribution in [-0.4, -0.2) is 48.1 Å². The molecule has 0 amide bonds. The lowest BCUT2D eigenvalue weighted by atomic mass is 10.1. The van der Waals surface area contributed by atoms with Crippen LogP contribution < -0.4 is 5.32 Å². The summed E-state index contributed by atoms with van der Waals surface area (Å²) in [6.45, 7) is 4.31. The quantitative estimate of drug-likeness (QED) is 0.537. The van der Waals surface area contributed by atoms with Crippen molar-refractivity contribution in [2.24, 2.45) is 0 Å². The number of aliphatic hydroxyl groups excluding tert-OH is 1. The molecule has 0 aromatic heterocycles. The first-order chi connectivity index (χ1) is 6.57. The summed E-state index contributed by atoms with van der Waals surface area (Å²) in [4.78, 5) is 0. The lowest BCUT2D eigenvalue weighted by Crippen LogP contribution is -2.40. The van der Waals surface area contributed by atoms with E-state index < -0.39 is 11.9 Å². The maximum atomic E-state index is 9.59. The third kappa shape index (κ3) is 1.14. The summed E-state index contributed by atoms with van der Waals surface area (Å²) in [6, 6.07) is 0.0665. The first-order valence-corrected chi connectivity index (χ1v) is 4.99. The SMILES string of the molecule is CC1(C)O[C@H]2O[C@H]3[C@H](NC[C@H]3O)[C@H]2O1. The zero-order chi connectivity index (χ0) is 9.92. The Bertz CT molecular complexity index is 257. The molecule has 0 unspecified atom stereocenters. The average Bonchev–Trinajstić information content (AvgIpc) is 2.63. The van der Waals surface area contributed by atoms with Crippen molar-refractivity contribution in [1.29, 1.82) is 0 Å². The Balaban J connectivity index is 1.80. The Hall–Kier alpha value is -0.200. The van der Waals surface area contributed by atoms with Crippen molar-refractivity contribution < 1.29 is 19.3 Å². The Kier molecular flexibility index (Phi) is 1.73. The highest BCUT2D eigenvalue weighted by Crippen LogP contribution is 2.39. The first-order valence-electron chi connectivity index (χ1n) is 4.99. The van der Waals surface area contributed by atoms with E-state index in [1.165, 1.54) is 0 Å². The van der Waals surface area contributed by atoms with Gasteiger partial charge in [-0.3, -0.25) is 0 Å². The lowest BCUT2D eigenvalue weighted by Gasteiger charge is -2.22. The van der Waals surface area contributed by atoms with Gasteiger partial charge >= 0.3 is 0 Å². The van der Waals surface area contributed by atoms with Crippen LogP contribution in [0.5, 0.6) is 0 Å². The van der Waals surface area contributed by atoms with Crippen molar-refractivity contribution in [3.8, 4) is 0 Å². The fourth-order valence-corrected chi connectivity index (χ4v) is 2.47. The van der Waals surface area contributed by atoms with Crippen LogP contribution in [0.15, 0.2) is 0 Å². The molecule has 3 heterocycles. The summed E-state index contributed by atoms with van der Waals surface area (Å²) in [5, 5.41) is 12.8. The molecule has 0 aromatic rings. The molecule has 80 valence electrons. The van der Waals surface area contributed by atoms with Gasteiger partial charge in [-0.15, -0.1) is 0 Å². The van der Waals surface area contributed by atoms with Crippen LogP contribution in [0.4, 0.5) is 0 Å². The predicted octanol–water partition coefficient (Wildman–Crippen LogP) is -0.805. The molecule has 0 radical (unpaired) electrons. The second-order valence-corrected chi connectivity index (χ2v) is 4.57. The van der Waals surface area contributed by atoms with Gasteiger partial charge in [-0.25, -0.2) is 0 Å². The van der Waals surface area contributed by atoms with Crippen molar-refractivity contribution in [2.45, 2.75) is 50.3 Å². The molecular weight excluding hydrogens is 186 g/mol. The molecule has 3 saturated heterocycles. The summed E-state index contributed by atoms with van der Waals surface area (Å²) in [5.41, 5.74) is 0. The van der Waals surface area contributed by atoms with Crippen LogP contribution in [0.25, 0.3) is 0 Å². The van der Waals surface area contributed by atoms with Gasteiger partial charge in [-0.2, -0.15) is 0 Å². The van der Waals surface area contributed by atoms with E-state index in [1.54, 1.807) is 0 Å². The molecule has 0 spiro atoms. The molecule has 0 saturated carbocycles. The van der Waals surface area contributed by atoms with Gasteiger partial charge in [-0.05, 0) is 13.8 Å². The maximum absolute atomic E-state index is 9.59. The van der Waals surface area contributed by atoms with Gasteiger partial charge in [-0.1, -0.05) is 0 Å². The number of rotatable bonds is 0. The first kappa shape index (κ1) is 9.06. The van der Waals surface area contributed by atoms with Gasteiger partial charge < -0.3 is 24.6 Å². The van der Waals surface area contributed by atoms with Crippen LogP contribution in [0, 0.1) is 0 Å². The second kappa shape index (κ2) is 2.68. The summed E-state index contributed by atoms with van der Waals surface area (Å²) < 4.78 is 16.9. The molecule has 3 aliphatic heterocycles. The van der Waals surface area contributed by atoms with Gasteiger partial charge in [0.15, 0.2) is 12.1 Å². The van der Waals surface area contributed by atoms with Gasteiger partial charge in [0.1, 0.15) is 12.2 Å². The fraction of sp³-hybridized carbons (Fsp3) is 1.00. The number of fused-ring (bicyclic) bond motifs is 3. The molecule has 2 N–H and O–H groups in total. The minimum atomic E-state index is -0.574. The highest BCUT2D eigenvalue weighted by Gasteiger charge is 2.58. The normalized spacial score (nSPS) is 54.6. The number of nitrogens with one attached hydrogen (secondary N) is 1. The van der Waals surface area contributed by atoms with Crippen molar-refractivity contribution in [2.75, 3.05) is 6.54 Å². The smallest absolute Gasteiger partial charge is 0.189 e. The van der Waals surface area contributed by atoms with Crippen molar-refractivity contribution >= 4 is 0 Å². The topological polar surface area (TPSA) is 60.0 Å². The molecule has 5 heteroatoms. The van der Waals surface area contributed by atoms with E-state index in [9.17, 15) is 5.11 Å². The van der Waals surface area contributed by atoms with Crippen LogP contribution in [-0.2, 0) is 14.2 Å². The van der Waals surface area contributed by atoms with Crippen LogP contribution in [0.1, 0.15) is 13.8 Å².